The molecular weight excluding hydrogens is 223 g/mol. The van der Waals surface area contributed by atoms with Gasteiger partial charge in [-0.3, -0.25) is 10.1 Å². The molecule has 1 atom stereocenters. The summed E-state index contributed by atoms with van der Waals surface area (Å²) in [6, 6.07) is 3.47. The van der Waals surface area contributed by atoms with Gasteiger partial charge in [-0.25, -0.2) is 4.39 Å². The van der Waals surface area contributed by atoms with Crippen LogP contribution >= 0.6 is 0 Å². The van der Waals surface area contributed by atoms with E-state index in [1.54, 1.807) is 0 Å². The summed E-state index contributed by atoms with van der Waals surface area (Å²) in [5.41, 5.74) is -0.0317. The maximum atomic E-state index is 13.5. The van der Waals surface area contributed by atoms with Gasteiger partial charge in [-0.05, 0) is 12.5 Å². The molecule has 1 aromatic carbocycles. The molecule has 4 nitrogen and oxygen atoms in total. The van der Waals surface area contributed by atoms with E-state index in [1.165, 1.54) is 12.1 Å². The minimum atomic E-state index is -0.644. The molecule has 1 rings (SSSR count). The van der Waals surface area contributed by atoms with Gasteiger partial charge in [0.2, 0.25) is 0 Å². The van der Waals surface area contributed by atoms with E-state index in [1.807, 2.05) is 6.92 Å². The molecule has 0 aliphatic heterocycles. The Kier molecular flexibility index (Phi) is 4.46. The highest BCUT2D eigenvalue weighted by molar-refractivity contribution is 5.50. The third kappa shape index (κ3) is 3.45. The number of hydrogen-bond acceptors (Lipinski definition) is 3. The van der Waals surface area contributed by atoms with Crippen molar-refractivity contribution in [1.82, 2.24) is 0 Å². The van der Waals surface area contributed by atoms with E-state index in [0.29, 0.717) is 6.42 Å². The van der Waals surface area contributed by atoms with Gasteiger partial charge >= 0.3 is 0 Å². The van der Waals surface area contributed by atoms with Crippen molar-refractivity contribution in [2.45, 2.75) is 25.8 Å². The second kappa shape index (κ2) is 5.85. The summed E-state index contributed by atoms with van der Waals surface area (Å²) in [6.45, 7) is 1.93. The Labute approximate surface area is 99.0 Å². The number of non-ortho nitro benzene ring substituents is 1. The third-order valence-corrected chi connectivity index (χ3v) is 2.38. The van der Waals surface area contributed by atoms with Crippen molar-refractivity contribution in [2.75, 3.05) is 5.32 Å². The second-order valence-corrected chi connectivity index (χ2v) is 3.58. The lowest BCUT2D eigenvalue weighted by molar-refractivity contribution is -0.385. The van der Waals surface area contributed by atoms with Gasteiger partial charge in [0.05, 0.1) is 16.7 Å². The van der Waals surface area contributed by atoms with E-state index in [0.717, 1.165) is 12.5 Å². The van der Waals surface area contributed by atoms with Crippen molar-refractivity contribution >= 4 is 11.4 Å². The minimum absolute atomic E-state index is 0.0315. The molecule has 0 radical (unpaired) electrons. The molecule has 1 aromatic rings. The monoisotopic (exact) mass is 236 g/mol. The molecule has 0 saturated heterocycles. The number of terminal acetylenes is 1. The van der Waals surface area contributed by atoms with Gasteiger partial charge in [0.25, 0.3) is 5.69 Å². The maximum absolute atomic E-state index is 13.5. The van der Waals surface area contributed by atoms with Crippen molar-refractivity contribution in [3.8, 4) is 12.3 Å². The van der Waals surface area contributed by atoms with Crippen molar-refractivity contribution < 1.29 is 9.31 Å². The Morgan fingerprint density at radius 2 is 2.35 bits per heavy atom. The summed E-state index contributed by atoms with van der Waals surface area (Å²) in [6.07, 6.45) is 6.42. The number of nitrogens with one attached hydrogen (secondary N) is 1. The minimum Gasteiger partial charge on any atom is -0.379 e. The standard InChI is InChI=1S/C12H13FN2O2/c1-3-5-9(4-2)14-12-7-6-10(15(16)17)8-11(12)13/h1,6-9,14H,4-5H2,2H3. The summed E-state index contributed by atoms with van der Waals surface area (Å²) in [5, 5.41) is 13.4. The fourth-order valence-electron chi connectivity index (χ4n) is 1.39. The van der Waals surface area contributed by atoms with E-state index in [2.05, 4.69) is 11.2 Å². The molecule has 1 N–H and O–H groups in total. The van der Waals surface area contributed by atoms with E-state index < -0.39 is 10.7 Å². The number of halogens is 1. The van der Waals surface area contributed by atoms with Gasteiger partial charge in [-0.15, -0.1) is 12.3 Å². The maximum Gasteiger partial charge on any atom is 0.272 e. The Morgan fingerprint density at radius 3 is 2.82 bits per heavy atom. The van der Waals surface area contributed by atoms with Crippen LogP contribution in [0.1, 0.15) is 19.8 Å². The van der Waals surface area contributed by atoms with Crippen LogP contribution in [0.4, 0.5) is 15.8 Å². The number of nitro benzene ring substituents is 1. The average molecular weight is 236 g/mol. The predicted molar refractivity (Wildman–Crippen MR) is 64.2 cm³/mol. The summed E-state index contributed by atoms with van der Waals surface area (Å²) in [5.74, 6) is 1.85. The zero-order valence-electron chi connectivity index (χ0n) is 9.44. The molecule has 0 fully saturated rings. The largest absolute Gasteiger partial charge is 0.379 e. The first kappa shape index (κ1) is 13.0. The molecule has 0 heterocycles. The van der Waals surface area contributed by atoms with Crippen molar-refractivity contribution in [3.05, 3.63) is 34.1 Å². The fraction of sp³-hybridized carbons (Fsp3) is 0.333. The first-order chi connectivity index (χ1) is 8.08. The molecule has 0 spiro atoms. The van der Waals surface area contributed by atoms with Gasteiger partial charge in [-0.1, -0.05) is 6.92 Å². The fourth-order valence-corrected chi connectivity index (χ4v) is 1.39. The van der Waals surface area contributed by atoms with Crippen molar-refractivity contribution in [1.29, 1.82) is 0 Å². The summed E-state index contributed by atoms with van der Waals surface area (Å²) < 4.78 is 13.5. The molecule has 0 aromatic heterocycles. The van der Waals surface area contributed by atoms with Crippen LogP contribution in [0.2, 0.25) is 0 Å². The third-order valence-electron chi connectivity index (χ3n) is 2.38. The van der Waals surface area contributed by atoms with Gasteiger partial charge < -0.3 is 5.32 Å². The highest BCUT2D eigenvalue weighted by Crippen LogP contribution is 2.21. The van der Waals surface area contributed by atoms with Crippen molar-refractivity contribution in [3.63, 3.8) is 0 Å². The van der Waals surface area contributed by atoms with Gasteiger partial charge in [0, 0.05) is 18.5 Å². The van der Waals surface area contributed by atoms with Crippen LogP contribution < -0.4 is 5.32 Å². The lowest BCUT2D eigenvalue weighted by Gasteiger charge is -2.15. The molecule has 90 valence electrons. The zero-order valence-corrected chi connectivity index (χ0v) is 9.44. The van der Waals surface area contributed by atoms with E-state index in [9.17, 15) is 14.5 Å². The van der Waals surface area contributed by atoms with Crippen LogP contribution in [0.25, 0.3) is 0 Å². The molecule has 0 amide bonds. The normalized spacial score (nSPS) is 11.6. The lowest BCUT2D eigenvalue weighted by atomic mass is 10.1. The average Bonchev–Trinajstić information content (AvgIpc) is 2.30. The van der Waals surface area contributed by atoms with E-state index in [4.69, 9.17) is 6.42 Å². The lowest BCUT2D eigenvalue weighted by Crippen LogP contribution is -2.18. The number of rotatable bonds is 5. The second-order valence-electron chi connectivity index (χ2n) is 3.58. The molecule has 17 heavy (non-hydrogen) atoms. The molecule has 0 aliphatic rings. The highest BCUT2D eigenvalue weighted by Gasteiger charge is 2.12. The Morgan fingerprint density at radius 1 is 1.65 bits per heavy atom. The van der Waals surface area contributed by atoms with Crippen LogP contribution in [-0.2, 0) is 0 Å². The summed E-state index contributed by atoms with van der Waals surface area (Å²) in [7, 11) is 0. The predicted octanol–water partition coefficient (Wildman–Crippen LogP) is 2.95. The molecule has 5 heteroatoms. The topological polar surface area (TPSA) is 55.2 Å². The Bertz CT molecular complexity index is 454. The molecular formula is C12H13FN2O2. The van der Waals surface area contributed by atoms with E-state index >= 15 is 0 Å². The van der Waals surface area contributed by atoms with Gasteiger partial charge in [-0.2, -0.15) is 0 Å². The SMILES string of the molecule is C#CCC(CC)Nc1ccc([N+](=O)[O-])cc1F. The number of anilines is 1. The molecule has 0 aliphatic carbocycles. The number of benzene rings is 1. The van der Waals surface area contributed by atoms with Crippen LogP contribution in [0.15, 0.2) is 18.2 Å². The summed E-state index contributed by atoms with van der Waals surface area (Å²) in [4.78, 5) is 9.80. The van der Waals surface area contributed by atoms with Crippen LogP contribution in [0.5, 0.6) is 0 Å². The van der Waals surface area contributed by atoms with Crippen LogP contribution in [0, 0.1) is 28.3 Å². The Hall–Kier alpha value is -2.09. The molecule has 1 unspecified atom stereocenters. The molecule has 0 bridgehead atoms. The van der Waals surface area contributed by atoms with Crippen LogP contribution in [-0.4, -0.2) is 11.0 Å². The first-order valence-corrected chi connectivity index (χ1v) is 5.22. The highest BCUT2D eigenvalue weighted by atomic mass is 19.1. The van der Waals surface area contributed by atoms with Crippen LogP contribution in [0.3, 0.4) is 0 Å². The Balaban J connectivity index is 2.85. The zero-order chi connectivity index (χ0) is 12.8. The quantitative estimate of drug-likeness (QED) is 0.486. The molecule has 0 saturated carbocycles. The number of hydrogen-bond donors (Lipinski definition) is 1. The first-order valence-electron chi connectivity index (χ1n) is 5.22. The van der Waals surface area contributed by atoms with E-state index in [-0.39, 0.29) is 17.4 Å². The number of nitrogens with zero attached hydrogens (tertiary/aromatic N) is 1. The summed E-state index contributed by atoms with van der Waals surface area (Å²) >= 11 is 0. The van der Waals surface area contributed by atoms with Gasteiger partial charge in [0.15, 0.2) is 5.82 Å². The van der Waals surface area contributed by atoms with Gasteiger partial charge in [0.1, 0.15) is 0 Å². The number of nitro groups is 1. The van der Waals surface area contributed by atoms with Crippen molar-refractivity contribution in [2.24, 2.45) is 0 Å². The smallest absolute Gasteiger partial charge is 0.272 e.